The van der Waals surface area contributed by atoms with Gasteiger partial charge in [0.25, 0.3) is 5.91 Å². The van der Waals surface area contributed by atoms with E-state index in [0.717, 1.165) is 7.11 Å². The minimum absolute atomic E-state index is 0.183. The van der Waals surface area contributed by atoms with Crippen LogP contribution >= 0.6 is 0 Å². The molecule has 1 aromatic rings. The molecule has 1 aliphatic carbocycles. The molecule has 9 heteroatoms. The fraction of sp³-hybridized carbons (Fsp3) is 0.440. The summed E-state index contributed by atoms with van der Waals surface area (Å²) < 4.78 is 9.92. The highest BCUT2D eigenvalue weighted by Gasteiger charge is 2.64. The fourth-order valence-corrected chi connectivity index (χ4v) is 5.44. The molecular weight excluding hydrogens is 440 g/mol. The Morgan fingerprint density at radius 2 is 1.82 bits per heavy atom. The van der Waals surface area contributed by atoms with Crippen molar-refractivity contribution in [3.8, 4) is 0 Å². The highest BCUT2D eigenvalue weighted by Crippen LogP contribution is 2.51. The third-order valence-electron chi connectivity index (χ3n) is 6.98. The standard InChI is InChI=1S/C25H28N2O7/c1-5-26-14(2)18(22(29)33-3)20(15-10-7-6-8-11-15)27-21(26)19-16(12-9-13-17(19)28)25(32,23(27)30)24(31)34-4/h6-8,10-11,16,20,32H,5,9,12-13H2,1-4H3/t16-,20+,25-/m1/s1. The lowest BCUT2D eigenvalue weighted by atomic mass is 9.68. The average Bonchev–Trinajstić information content (AvgIpc) is 2.85. The van der Waals surface area contributed by atoms with Crippen LogP contribution in [0, 0.1) is 5.92 Å². The van der Waals surface area contributed by atoms with Crippen molar-refractivity contribution in [1.82, 2.24) is 9.80 Å². The minimum Gasteiger partial charge on any atom is -0.466 e. The number of carbonyl (C=O) groups is 4. The number of carbonyl (C=O) groups excluding carboxylic acids is 4. The number of hydrogen-bond donors (Lipinski definition) is 1. The van der Waals surface area contributed by atoms with Crippen LogP contribution in [-0.2, 0) is 28.7 Å². The highest BCUT2D eigenvalue weighted by molar-refractivity contribution is 6.13. The third-order valence-corrected chi connectivity index (χ3v) is 6.98. The van der Waals surface area contributed by atoms with Gasteiger partial charge in [0.05, 0.1) is 25.8 Å². The fourth-order valence-electron chi connectivity index (χ4n) is 5.44. The first-order valence-electron chi connectivity index (χ1n) is 11.3. The van der Waals surface area contributed by atoms with Gasteiger partial charge in [0.2, 0.25) is 5.60 Å². The van der Waals surface area contributed by atoms with Crippen LogP contribution in [0.3, 0.4) is 0 Å². The molecule has 3 atom stereocenters. The highest BCUT2D eigenvalue weighted by atomic mass is 16.5. The van der Waals surface area contributed by atoms with Crippen molar-refractivity contribution >= 4 is 23.6 Å². The van der Waals surface area contributed by atoms with Gasteiger partial charge in [0.1, 0.15) is 5.82 Å². The Hall–Kier alpha value is -3.46. The van der Waals surface area contributed by atoms with Crippen molar-refractivity contribution in [2.45, 2.75) is 44.8 Å². The molecule has 0 bridgehead atoms. The largest absolute Gasteiger partial charge is 0.466 e. The number of hydrogen-bond acceptors (Lipinski definition) is 8. The summed E-state index contributed by atoms with van der Waals surface area (Å²) in [5, 5.41) is 11.6. The van der Waals surface area contributed by atoms with E-state index in [4.69, 9.17) is 9.47 Å². The van der Waals surface area contributed by atoms with E-state index in [1.807, 2.05) is 6.92 Å². The monoisotopic (exact) mass is 468 g/mol. The second-order valence-corrected chi connectivity index (χ2v) is 8.59. The van der Waals surface area contributed by atoms with Crippen LogP contribution in [0.1, 0.15) is 44.7 Å². The molecule has 1 N–H and O–H groups in total. The Morgan fingerprint density at radius 3 is 2.41 bits per heavy atom. The summed E-state index contributed by atoms with van der Waals surface area (Å²) in [5.74, 6) is -3.70. The van der Waals surface area contributed by atoms with Crippen LogP contribution in [0.15, 0.2) is 53.0 Å². The van der Waals surface area contributed by atoms with Crippen LogP contribution in [-0.4, -0.2) is 64.9 Å². The molecule has 1 aromatic carbocycles. The number of Topliss-reactive ketones (excluding diaryl/α,β-unsaturated/α-hetero) is 1. The van der Waals surface area contributed by atoms with Crippen LogP contribution in [0.4, 0.5) is 0 Å². The van der Waals surface area contributed by atoms with E-state index >= 15 is 0 Å². The second-order valence-electron chi connectivity index (χ2n) is 8.59. The SMILES string of the molecule is CCN1C(C)=C(C(=O)OC)[C@H](c2ccccc2)N2C(=O)[C@@](O)(C(=O)OC)[C@@H]3CCCC(=O)C3=C12. The zero-order valence-corrected chi connectivity index (χ0v) is 19.7. The molecule has 9 nitrogen and oxygen atoms in total. The predicted molar refractivity (Wildman–Crippen MR) is 119 cm³/mol. The van der Waals surface area contributed by atoms with Gasteiger partial charge in [-0.05, 0) is 32.3 Å². The summed E-state index contributed by atoms with van der Waals surface area (Å²) in [7, 11) is 2.34. The Kier molecular flexibility index (Phi) is 6.07. The summed E-state index contributed by atoms with van der Waals surface area (Å²) in [6.07, 6.45) is 0.939. The number of fused-ring (bicyclic) bond motifs is 2. The molecule has 2 aliphatic heterocycles. The number of ether oxygens (including phenoxy) is 2. The Bertz CT molecular complexity index is 1120. The molecule has 0 unspecified atom stereocenters. The summed E-state index contributed by atoms with van der Waals surface area (Å²) >= 11 is 0. The lowest BCUT2D eigenvalue weighted by Crippen LogP contribution is -2.66. The number of allylic oxidation sites excluding steroid dienone is 1. The summed E-state index contributed by atoms with van der Waals surface area (Å²) in [6.45, 7) is 3.92. The van der Waals surface area contributed by atoms with Gasteiger partial charge in [-0.25, -0.2) is 9.59 Å². The molecule has 0 radical (unpaired) electrons. The minimum atomic E-state index is -2.59. The number of methoxy groups -OCH3 is 2. The molecule has 34 heavy (non-hydrogen) atoms. The molecular formula is C25H28N2O7. The first kappa shape index (κ1) is 23.7. The molecule has 1 fully saturated rings. The van der Waals surface area contributed by atoms with Crippen molar-refractivity contribution < 1.29 is 33.8 Å². The number of ketones is 1. The maximum Gasteiger partial charge on any atom is 0.348 e. The van der Waals surface area contributed by atoms with E-state index in [1.165, 1.54) is 12.0 Å². The van der Waals surface area contributed by atoms with Crippen molar-refractivity contribution in [3.05, 3.63) is 58.6 Å². The molecule has 4 rings (SSSR count). The molecule has 0 aromatic heterocycles. The number of rotatable bonds is 4. The average molecular weight is 469 g/mol. The maximum absolute atomic E-state index is 14.1. The Labute approximate surface area is 197 Å². The third kappa shape index (κ3) is 3.18. The van der Waals surface area contributed by atoms with Gasteiger partial charge in [0.15, 0.2) is 5.78 Å². The van der Waals surface area contributed by atoms with Gasteiger partial charge in [-0.2, -0.15) is 0 Å². The van der Waals surface area contributed by atoms with Crippen molar-refractivity contribution in [3.63, 3.8) is 0 Å². The van der Waals surface area contributed by atoms with Crippen LogP contribution in [0.5, 0.6) is 0 Å². The van der Waals surface area contributed by atoms with E-state index < -0.39 is 35.4 Å². The number of nitrogens with zero attached hydrogens (tertiary/aromatic N) is 2. The van der Waals surface area contributed by atoms with Gasteiger partial charge in [-0.15, -0.1) is 0 Å². The number of amides is 1. The molecule has 0 spiro atoms. The van der Waals surface area contributed by atoms with Crippen LogP contribution in [0.25, 0.3) is 0 Å². The smallest absolute Gasteiger partial charge is 0.348 e. The van der Waals surface area contributed by atoms with Gasteiger partial charge in [0, 0.05) is 30.2 Å². The van der Waals surface area contributed by atoms with Crippen molar-refractivity contribution in [2.24, 2.45) is 5.92 Å². The topological polar surface area (TPSA) is 113 Å². The van der Waals surface area contributed by atoms with E-state index in [1.54, 1.807) is 42.2 Å². The van der Waals surface area contributed by atoms with Gasteiger partial charge in [-0.3, -0.25) is 14.5 Å². The first-order chi connectivity index (χ1) is 16.2. The van der Waals surface area contributed by atoms with Crippen molar-refractivity contribution in [2.75, 3.05) is 20.8 Å². The first-order valence-corrected chi connectivity index (χ1v) is 11.3. The lowest BCUT2D eigenvalue weighted by Gasteiger charge is -2.53. The number of aliphatic hydroxyl groups is 1. The van der Waals surface area contributed by atoms with Crippen LogP contribution in [0.2, 0.25) is 0 Å². The molecule has 0 saturated heterocycles. The van der Waals surface area contributed by atoms with Gasteiger partial charge >= 0.3 is 11.9 Å². The zero-order valence-electron chi connectivity index (χ0n) is 19.7. The Morgan fingerprint density at radius 1 is 1.15 bits per heavy atom. The molecule has 3 aliphatic rings. The van der Waals surface area contributed by atoms with Crippen LogP contribution < -0.4 is 0 Å². The van der Waals surface area contributed by atoms with E-state index in [0.29, 0.717) is 30.0 Å². The summed E-state index contributed by atoms with van der Waals surface area (Å²) in [4.78, 5) is 56.2. The summed E-state index contributed by atoms with van der Waals surface area (Å²) in [6, 6.07) is 7.77. The maximum atomic E-state index is 14.1. The molecule has 1 saturated carbocycles. The number of esters is 2. The van der Waals surface area contributed by atoms with E-state index in [9.17, 15) is 24.3 Å². The molecule has 180 valence electrons. The van der Waals surface area contributed by atoms with Gasteiger partial charge < -0.3 is 19.5 Å². The quantitative estimate of drug-likeness (QED) is 0.526. The summed E-state index contributed by atoms with van der Waals surface area (Å²) in [5.41, 5.74) is -1.09. The molecule has 1 amide bonds. The lowest BCUT2D eigenvalue weighted by molar-refractivity contribution is -0.183. The Balaban J connectivity index is 2.12. The predicted octanol–water partition coefficient (Wildman–Crippen LogP) is 1.84. The zero-order chi connectivity index (χ0) is 24.8. The van der Waals surface area contributed by atoms with Crippen molar-refractivity contribution in [1.29, 1.82) is 0 Å². The van der Waals surface area contributed by atoms with Gasteiger partial charge in [-0.1, -0.05) is 30.3 Å². The van der Waals surface area contributed by atoms with E-state index in [-0.39, 0.29) is 29.8 Å². The second kappa shape index (κ2) is 8.72. The molecule has 2 heterocycles. The number of benzene rings is 1. The normalized spacial score (nSPS) is 26.9. The van der Waals surface area contributed by atoms with E-state index in [2.05, 4.69) is 0 Å².